The molecule has 0 atom stereocenters. The molecule has 0 N–H and O–H groups in total. The SMILES string of the molecule is c1ccc(-c2ccc(-c3cc(-c4ccccc4-n4c5ccccc5c5ccc6c7ccccc7n(-c7nc(-c8ccccc8)nc(-c8ccccc8)n7)c6c54)nc(-c4ccccc4)n3)cc2)cc1. The summed E-state index contributed by atoms with van der Waals surface area (Å²) in [5, 5.41) is 4.43. The number of aromatic nitrogens is 7. The van der Waals surface area contributed by atoms with Crippen LogP contribution >= 0.6 is 0 Å². The summed E-state index contributed by atoms with van der Waals surface area (Å²) in [6.07, 6.45) is 0. The maximum atomic E-state index is 5.38. The van der Waals surface area contributed by atoms with Crippen molar-refractivity contribution >= 4 is 43.6 Å². The molecule has 0 saturated carbocycles. The van der Waals surface area contributed by atoms with E-state index >= 15 is 0 Å². The van der Waals surface area contributed by atoms with Gasteiger partial charge in [-0.1, -0.05) is 212 Å². The maximum Gasteiger partial charge on any atom is 0.238 e. The van der Waals surface area contributed by atoms with Gasteiger partial charge in [0.2, 0.25) is 5.95 Å². The van der Waals surface area contributed by atoms with E-state index in [4.69, 9.17) is 24.9 Å². The van der Waals surface area contributed by atoms with Crippen LogP contribution < -0.4 is 0 Å². The average Bonchev–Trinajstić information content (AvgIpc) is 3.95. The van der Waals surface area contributed by atoms with E-state index in [1.54, 1.807) is 0 Å². The summed E-state index contributed by atoms with van der Waals surface area (Å²) in [5.41, 5.74) is 13.8. The van der Waals surface area contributed by atoms with Gasteiger partial charge in [-0.15, -0.1) is 0 Å². The van der Waals surface area contributed by atoms with E-state index in [1.807, 2.05) is 84.9 Å². The highest BCUT2D eigenvalue weighted by molar-refractivity contribution is 6.24. The molecular weight excluding hydrogens is 831 g/mol. The lowest BCUT2D eigenvalue weighted by molar-refractivity contribution is 0.953. The van der Waals surface area contributed by atoms with Crippen molar-refractivity contribution in [3.63, 3.8) is 0 Å². The molecule has 0 radical (unpaired) electrons. The van der Waals surface area contributed by atoms with Crippen molar-refractivity contribution in [1.82, 2.24) is 34.1 Å². The Kier molecular flexibility index (Phi) is 9.35. The van der Waals surface area contributed by atoms with Crippen LogP contribution in [0.4, 0.5) is 0 Å². The molecule has 0 saturated heterocycles. The number of benzene rings is 9. The Labute approximate surface area is 392 Å². The third-order valence-electron chi connectivity index (χ3n) is 12.8. The largest absolute Gasteiger partial charge is 0.306 e. The Hall–Kier alpha value is -9.33. The zero-order valence-electron chi connectivity index (χ0n) is 36.6. The summed E-state index contributed by atoms with van der Waals surface area (Å²) in [6.45, 7) is 0. The summed E-state index contributed by atoms with van der Waals surface area (Å²) in [7, 11) is 0. The third kappa shape index (κ3) is 6.64. The summed E-state index contributed by atoms with van der Waals surface area (Å²) in [5.74, 6) is 2.39. The van der Waals surface area contributed by atoms with Gasteiger partial charge in [0, 0.05) is 49.4 Å². The predicted molar refractivity (Wildman–Crippen MR) is 277 cm³/mol. The fourth-order valence-electron chi connectivity index (χ4n) is 9.65. The van der Waals surface area contributed by atoms with Crippen LogP contribution in [0.3, 0.4) is 0 Å². The van der Waals surface area contributed by atoms with Gasteiger partial charge in [-0.05, 0) is 35.4 Å². The van der Waals surface area contributed by atoms with Gasteiger partial charge in [0.25, 0.3) is 0 Å². The van der Waals surface area contributed by atoms with Gasteiger partial charge in [0.05, 0.1) is 39.1 Å². The first-order chi connectivity index (χ1) is 33.7. The highest BCUT2D eigenvalue weighted by Crippen LogP contribution is 2.43. The molecule has 318 valence electrons. The second-order valence-corrected chi connectivity index (χ2v) is 16.9. The van der Waals surface area contributed by atoms with Crippen molar-refractivity contribution in [1.29, 1.82) is 0 Å². The maximum absolute atomic E-state index is 5.38. The Bertz CT molecular complexity index is 3940. The molecule has 13 rings (SSSR count). The highest BCUT2D eigenvalue weighted by atomic mass is 15.2. The molecule has 0 bridgehead atoms. The van der Waals surface area contributed by atoms with Crippen LogP contribution in [0.1, 0.15) is 0 Å². The van der Waals surface area contributed by atoms with E-state index in [1.165, 1.54) is 5.56 Å². The van der Waals surface area contributed by atoms with Gasteiger partial charge in [0.15, 0.2) is 17.5 Å². The third-order valence-corrected chi connectivity index (χ3v) is 12.8. The van der Waals surface area contributed by atoms with Gasteiger partial charge in [0.1, 0.15) is 0 Å². The zero-order chi connectivity index (χ0) is 45.0. The monoisotopic (exact) mass is 869 g/mol. The van der Waals surface area contributed by atoms with Crippen molar-refractivity contribution in [2.45, 2.75) is 0 Å². The van der Waals surface area contributed by atoms with E-state index in [9.17, 15) is 0 Å². The van der Waals surface area contributed by atoms with Crippen molar-refractivity contribution in [2.24, 2.45) is 0 Å². The first-order valence-corrected chi connectivity index (χ1v) is 22.8. The predicted octanol–water partition coefficient (Wildman–Crippen LogP) is 14.9. The zero-order valence-corrected chi connectivity index (χ0v) is 36.6. The van der Waals surface area contributed by atoms with Crippen molar-refractivity contribution in [3.05, 3.63) is 237 Å². The van der Waals surface area contributed by atoms with Crippen LogP contribution in [0.25, 0.3) is 123 Å². The molecule has 68 heavy (non-hydrogen) atoms. The molecule has 0 unspecified atom stereocenters. The van der Waals surface area contributed by atoms with Crippen molar-refractivity contribution in [2.75, 3.05) is 0 Å². The van der Waals surface area contributed by atoms with E-state index in [-0.39, 0.29) is 0 Å². The molecule has 0 aliphatic carbocycles. The first-order valence-electron chi connectivity index (χ1n) is 22.8. The molecule has 13 aromatic rings. The normalized spacial score (nSPS) is 11.5. The lowest BCUT2D eigenvalue weighted by Gasteiger charge is -2.16. The second-order valence-electron chi connectivity index (χ2n) is 16.9. The van der Waals surface area contributed by atoms with Gasteiger partial charge in [-0.3, -0.25) is 4.57 Å². The molecule has 0 aliphatic heterocycles. The smallest absolute Gasteiger partial charge is 0.238 e. The lowest BCUT2D eigenvalue weighted by Crippen LogP contribution is -2.07. The van der Waals surface area contributed by atoms with E-state index in [0.717, 1.165) is 94.1 Å². The van der Waals surface area contributed by atoms with Crippen LogP contribution in [0, 0.1) is 0 Å². The number of hydrogen-bond acceptors (Lipinski definition) is 5. The molecule has 0 aliphatic rings. The molecular formula is C61H39N7. The minimum Gasteiger partial charge on any atom is -0.306 e. The Balaban J connectivity index is 1.09. The average molecular weight is 870 g/mol. The number of nitrogens with zero attached hydrogens (tertiary/aromatic N) is 7. The number of fused-ring (bicyclic) bond motifs is 7. The molecule has 9 aromatic carbocycles. The van der Waals surface area contributed by atoms with E-state index < -0.39 is 0 Å². The molecule has 0 spiro atoms. The fraction of sp³-hybridized carbons (Fsp3) is 0. The minimum atomic E-state index is 0.535. The van der Waals surface area contributed by atoms with Gasteiger partial charge in [-0.25, -0.2) is 15.0 Å². The van der Waals surface area contributed by atoms with Crippen LogP contribution in [0.5, 0.6) is 0 Å². The summed E-state index contributed by atoms with van der Waals surface area (Å²) in [6, 6.07) is 82.1. The lowest BCUT2D eigenvalue weighted by atomic mass is 10.0. The Morgan fingerprint density at radius 1 is 0.265 bits per heavy atom. The van der Waals surface area contributed by atoms with Gasteiger partial charge in [-0.2, -0.15) is 9.97 Å². The second kappa shape index (κ2) is 16.3. The topological polar surface area (TPSA) is 74.3 Å². The summed E-state index contributed by atoms with van der Waals surface area (Å²) >= 11 is 0. The minimum absolute atomic E-state index is 0.535. The summed E-state index contributed by atoms with van der Waals surface area (Å²) in [4.78, 5) is 26.3. The molecule has 7 nitrogen and oxygen atoms in total. The molecule has 0 fully saturated rings. The van der Waals surface area contributed by atoms with Crippen molar-refractivity contribution < 1.29 is 0 Å². The van der Waals surface area contributed by atoms with Crippen LogP contribution in [-0.2, 0) is 0 Å². The van der Waals surface area contributed by atoms with Crippen LogP contribution in [-0.4, -0.2) is 34.1 Å². The summed E-state index contributed by atoms with van der Waals surface area (Å²) < 4.78 is 4.65. The van der Waals surface area contributed by atoms with Gasteiger partial charge < -0.3 is 4.57 Å². The molecule has 7 heteroatoms. The number of rotatable bonds is 8. The highest BCUT2D eigenvalue weighted by Gasteiger charge is 2.25. The molecule has 4 aromatic heterocycles. The molecule has 4 heterocycles. The number of para-hydroxylation sites is 3. The Morgan fingerprint density at radius 3 is 1.25 bits per heavy atom. The van der Waals surface area contributed by atoms with E-state index in [0.29, 0.717) is 23.4 Å². The standard InChI is InChI=1S/C61H39N7/c1-5-19-40(20-6-1)41-33-35-42(36-34-41)51-39-52(63-58(62-51)43-21-7-2-8-22-43)50-29-15-18-32-55(50)67-53-30-16-13-27-46(53)48-37-38-49-47-28-14-17-31-54(47)68(57(49)56(48)67)61-65-59(44-23-9-3-10-24-44)64-60(66-61)45-25-11-4-12-26-45/h1-39H. The Morgan fingerprint density at radius 2 is 0.676 bits per heavy atom. The van der Waals surface area contributed by atoms with E-state index in [2.05, 4.69) is 161 Å². The number of hydrogen-bond donors (Lipinski definition) is 0. The van der Waals surface area contributed by atoms with Crippen molar-refractivity contribution in [3.8, 4) is 79.4 Å². The fourth-order valence-corrected chi connectivity index (χ4v) is 9.65. The van der Waals surface area contributed by atoms with Gasteiger partial charge >= 0.3 is 0 Å². The quantitative estimate of drug-likeness (QED) is 0.152. The first kappa shape index (κ1) is 39.1. The van der Waals surface area contributed by atoms with Crippen LogP contribution in [0.2, 0.25) is 0 Å². The molecule has 0 amide bonds. The van der Waals surface area contributed by atoms with Crippen LogP contribution in [0.15, 0.2) is 237 Å².